The molecule has 0 radical (unpaired) electrons. The van der Waals surface area contributed by atoms with Gasteiger partial charge < -0.3 is 10.1 Å². The fourth-order valence-corrected chi connectivity index (χ4v) is 5.63. The van der Waals surface area contributed by atoms with Crippen LogP contribution in [-0.4, -0.2) is 50.7 Å². The fourth-order valence-electron chi connectivity index (χ4n) is 2.51. The van der Waals surface area contributed by atoms with Crippen molar-refractivity contribution < 1.29 is 17.9 Å². The molecule has 2 heterocycles. The van der Waals surface area contributed by atoms with Crippen LogP contribution >= 0.6 is 23.1 Å². The van der Waals surface area contributed by atoms with Crippen molar-refractivity contribution >= 4 is 44.7 Å². The highest BCUT2D eigenvalue weighted by Crippen LogP contribution is 2.21. The van der Waals surface area contributed by atoms with E-state index in [2.05, 4.69) is 5.32 Å². The lowest BCUT2D eigenvalue weighted by molar-refractivity contribution is -0.113. The monoisotopic (exact) mass is 412 g/mol. The molecule has 0 saturated carbocycles. The van der Waals surface area contributed by atoms with Gasteiger partial charge >= 0.3 is 0 Å². The van der Waals surface area contributed by atoms with Gasteiger partial charge in [-0.15, -0.1) is 23.1 Å². The lowest BCUT2D eigenvalue weighted by atomic mass is 10.3. The number of morpholine rings is 1. The van der Waals surface area contributed by atoms with Crippen LogP contribution in [0.2, 0.25) is 0 Å². The third kappa shape index (κ3) is 5.08. The average molecular weight is 413 g/mol. The van der Waals surface area contributed by atoms with Crippen molar-refractivity contribution in [2.45, 2.75) is 10.6 Å². The predicted molar refractivity (Wildman–Crippen MR) is 105 cm³/mol. The number of hydrogen-bond acceptors (Lipinski definition) is 6. The molecule has 1 N–H and O–H groups in total. The van der Waals surface area contributed by atoms with Crippen molar-refractivity contribution in [2.24, 2.45) is 0 Å². The standard InChI is InChI=1S/C17H20N2O4S3/c20-17(13-24-12-15-4-2-10-25-15)18-14-3-1-5-16(11-14)26(21,22)19-6-8-23-9-7-19/h1-5,10-11H,6-9,12-13H2,(H,18,20). The molecule has 1 aromatic heterocycles. The van der Waals surface area contributed by atoms with E-state index in [-0.39, 0.29) is 10.8 Å². The first-order chi connectivity index (χ1) is 12.6. The van der Waals surface area contributed by atoms with E-state index in [9.17, 15) is 13.2 Å². The molecule has 3 rings (SSSR count). The molecule has 0 unspecified atom stereocenters. The van der Waals surface area contributed by atoms with Crippen LogP contribution in [0.3, 0.4) is 0 Å². The molecule has 1 aliphatic heterocycles. The molecule has 1 amide bonds. The summed E-state index contributed by atoms with van der Waals surface area (Å²) in [5, 5.41) is 4.78. The van der Waals surface area contributed by atoms with Gasteiger partial charge in [0.05, 0.1) is 23.9 Å². The van der Waals surface area contributed by atoms with Crippen molar-refractivity contribution in [3.8, 4) is 0 Å². The Kier molecular flexibility index (Phi) is 6.71. The summed E-state index contributed by atoms with van der Waals surface area (Å²) in [6, 6.07) is 10.4. The Morgan fingerprint density at radius 1 is 1.23 bits per heavy atom. The lowest BCUT2D eigenvalue weighted by Gasteiger charge is -2.26. The van der Waals surface area contributed by atoms with Crippen molar-refractivity contribution in [1.82, 2.24) is 4.31 Å². The Morgan fingerprint density at radius 2 is 2.04 bits per heavy atom. The number of amides is 1. The zero-order chi connectivity index (χ0) is 18.4. The number of ether oxygens (including phenoxy) is 1. The summed E-state index contributed by atoms with van der Waals surface area (Å²) in [4.78, 5) is 13.5. The largest absolute Gasteiger partial charge is 0.379 e. The minimum Gasteiger partial charge on any atom is -0.379 e. The Morgan fingerprint density at radius 3 is 2.77 bits per heavy atom. The van der Waals surface area contributed by atoms with E-state index in [1.54, 1.807) is 29.5 Å². The van der Waals surface area contributed by atoms with Crippen molar-refractivity contribution in [2.75, 3.05) is 37.4 Å². The van der Waals surface area contributed by atoms with E-state index >= 15 is 0 Å². The second-order valence-electron chi connectivity index (χ2n) is 5.66. The lowest BCUT2D eigenvalue weighted by Crippen LogP contribution is -2.40. The second kappa shape index (κ2) is 9.01. The number of carbonyl (C=O) groups excluding carboxylic acids is 1. The van der Waals surface area contributed by atoms with Gasteiger partial charge in [0.25, 0.3) is 0 Å². The summed E-state index contributed by atoms with van der Waals surface area (Å²) in [5.41, 5.74) is 0.487. The highest BCUT2D eigenvalue weighted by molar-refractivity contribution is 7.99. The minimum atomic E-state index is -3.57. The van der Waals surface area contributed by atoms with Crippen molar-refractivity contribution in [3.63, 3.8) is 0 Å². The minimum absolute atomic E-state index is 0.146. The molecular weight excluding hydrogens is 392 g/mol. The topological polar surface area (TPSA) is 75.7 Å². The van der Waals surface area contributed by atoms with E-state index in [4.69, 9.17) is 4.74 Å². The average Bonchev–Trinajstić information content (AvgIpc) is 3.16. The Hall–Kier alpha value is -1.39. The maximum absolute atomic E-state index is 12.7. The van der Waals surface area contributed by atoms with Crippen LogP contribution in [0, 0.1) is 0 Å². The highest BCUT2D eigenvalue weighted by atomic mass is 32.2. The summed E-state index contributed by atoms with van der Waals surface area (Å²) >= 11 is 3.19. The Labute approximate surface area is 161 Å². The maximum atomic E-state index is 12.7. The van der Waals surface area contributed by atoms with Crippen LogP contribution in [0.5, 0.6) is 0 Å². The zero-order valence-corrected chi connectivity index (χ0v) is 16.5. The highest BCUT2D eigenvalue weighted by Gasteiger charge is 2.26. The van der Waals surface area contributed by atoms with Crippen LogP contribution in [0.4, 0.5) is 5.69 Å². The van der Waals surface area contributed by atoms with Crippen LogP contribution in [0.15, 0.2) is 46.7 Å². The van der Waals surface area contributed by atoms with E-state index in [0.717, 1.165) is 5.75 Å². The van der Waals surface area contributed by atoms with Crippen molar-refractivity contribution in [3.05, 3.63) is 46.7 Å². The van der Waals surface area contributed by atoms with Gasteiger partial charge in [0.2, 0.25) is 15.9 Å². The molecular formula is C17H20N2O4S3. The molecule has 9 heteroatoms. The molecule has 2 aromatic rings. The molecule has 0 bridgehead atoms. The smallest absolute Gasteiger partial charge is 0.243 e. The van der Waals surface area contributed by atoms with Gasteiger partial charge in [-0.25, -0.2) is 8.42 Å². The van der Waals surface area contributed by atoms with Gasteiger partial charge in [0, 0.05) is 29.4 Å². The number of nitrogens with zero attached hydrogens (tertiary/aromatic N) is 1. The summed E-state index contributed by atoms with van der Waals surface area (Å²) in [6.07, 6.45) is 0. The first kappa shape index (κ1) is 19.4. The normalized spacial score (nSPS) is 15.7. The van der Waals surface area contributed by atoms with E-state index in [0.29, 0.717) is 37.7 Å². The number of rotatable bonds is 7. The number of nitrogens with one attached hydrogen (secondary N) is 1. The summed E-state index contributed by atoms with van der Waals surface area (Å²) in [6.45, 7) is 1.49. The van der Waals surface area contributed by atoms with Crippen LogP contribution < -0.4 is 5.32 Å². The fraction of sp³-hybridized carbons (Fsp3) is 0.353. The summed E-state index contributed by atoms with van der Waals surface area (Å²) in [5.74, 6) is 0.960. The first-order valence-electron chi connectivity index (χ1n) is 8.13. The van der Waals surface area contributed by atoms with Gasteiger partial charge in [0.1, 0.15) is 0 Å². The number of thioether (sulfide) groups is 1. The first-order valence-corrected chi connectivity index (χ1v) is 11.6. The molecule has 1 aliphatic rings. The molecule has 1 aromatic carbocycles. The van der Waals surface area contributed by atoms with Gasteiger partial charge in [-0.05, 0) is 29.6 Å². The zero-order valence-electron chi connectivity index (χ0n) is 14.1. The number of hydrogen-bond donors (Lipinski definition) is 1. The van der Waals surface area contributed by atoms with Gasteiger partial charge in [-0.3, -0.25) is 4.79 Å². The number of sulfonamides is 1. The predicted octanol–water partition coefficient (Wildman–Crippen LogP) is 2.64. The van der Waals surface area contributed by atoms with Crippen LogP contribution in [0.1, 0.15) is 4.88 Å². The van der Waals surface area contributed by atoms with E-state index in [1.165, 1.54) is 27.0 Å². The molecule has 26 heavy (non-hydrogen) atoms. The van der Waals surface area contributed by atoms with Gasteiger partial charge in [0.15, 0.2) is 0 Å². The molecule has 1 fully saturated rings. The third-order valence-electron chi connectivity index (χ3n) is 3.78. The Balaban J connectivity index is 1.58. The number of benzene rings is 1. The van der Waals surface area contributed by atoms with Crippen LogP contribution in [0.25, 0.3) is 0 Å². The molecule has 1 saturated heterocycles. The van der Waals surface area contributed by atoms with E-state index in [1.807, 2.05) is 17.5 Å². The second-order valence-corrected chi connectivity index (χ2v) is 9.62. The van der Waals surface area contributed by atoms with Gasteiger partial charge in [-0.1, -0.05) is 12.1 Å². The molecule has 0 aliphatic carbocycles. The van der Waals surface area contributed by atoms with Crippen molar-refractivity contribution in [1.29, 1.82) is 0 Å². The summed E-state index contributed by atoms with van der Waals surface area (Å²) < 4.78 is 32.0. The SMILES string of the molecule is O=C(CSCc1cccs1)Nc1cccc(S(=O)(=O)N2CCOCC2)c1. The number of anilines is 1. The molecule has 0 atom stereocenters. The third-order valence-corrected chi connectivity index (χ3v) is 7.72. The number of carbonyl (C=O) groups is 1. The quantitative estimate of drug-likeness (QED) is 0.757. The van der Waals surface area contributed by atoms with Crippen LogP contribution in [-0.2, 0) is 25.3 Å². The molecule has 6 nitrogen and oxygen atoms in total. The van der Waals surface area contributed by atoms with Gasteiger partial charge in [-0.2, -0.15) is 4.31 Å². The number of thiophene rings is 1. The Bertz CT molecular complexity index is 831. The summed E-state index contributed by atoms with van der Waals surface area (Å²) in [7, 11) is -3.57. The van der Waals surface area contributed by atoms with E-state index < -0.39 is 10.0 Å². The molecule has 140 valence electrons. The molecule has 0 spiro atoms. The maximum Gasteiger partial charge on any atom is 0.243 e.